The lowest BCUT2D eigenvalue weighted by atomic mass is 9.43. The second-order valence-electron chi connectivity index (χ2n) is 8.33. The molecule has 4 fully saturated rings. The van der Waals surface area contributed by atoms with Crippen LogP contribution in [0.1, 0.15) is 65.2 Å². The Labute approximate surface area is 112 Å². The molecule has 2 heteroatoms. The second-order valence-corrected chi connectivity index (χ2v) is 8.33. The molecule has 0 spiro atoms. The molecule has 2 nitrogen and oxygen atoms in total. The smallest absolute Gasteiger partial charge is 0.0194 e. The Morgan fingerprint density at radius 2 is 1.67 bits per heavy atom. The first kappa shape index (κ1) is 12.9. The average Bonchev–Trinajstić information content (AvgIpc) is 2.19. The van der Waals surface area contributed by atoms with E-state index in [4.69, 9.17) is 5.73 Å². The van der Waals surface area contributed by atoms with E-state index < -0.39 is 0 Å². The maximum atomic E-state index is 5.59. The highest BCUT2D eigenvalue weighted by molar-refractivity contribution is 5.14. The molecule has 0 radical (unpaired) electrons. The van der Waals surface area contributed by atoms with E-state index >= 15 is 0 Å². The molecule has 0 saturated heterocycles. The SMILES string of the molecule is CC12CC3CC(C)(C1)CC(NCCCCN)(C3)C2. The van der Waals surface area contributed by atoms with Gasteiger partial charge in [-0.25, -0.2) is 0 Å². The van der Waals surface area contributed by atoms with Crippen LogP contribution in [0.15, 0.2) is 0 Å². The number of rotatable bonds is 5. The van der Waals surface area contributed by atoms with Gasteiger partial charge >= 0.3 is 0 Å². The van der Waals surface area contributed by atoms with Gasteiger partial charge in [-0.05, 0) is 81.2 Å². The number of hydrogen-bond acceptors (Lipinski definition) is 2. The fourth-order valence-electron chi connectivity index (χ4n) is 6.27. The van der Waals surface area contributed by atoms with Gasteiger partial charge in [0, 0.05) is 5.54 Å². The monoisotopic (exact) mass is 250 g/mol. The van der Waals surface area contributed by atoms with Gasteiger partial charge in [-0.3, -0.25) is 0 Å². The highest BCUT2D eigenvalue weighted by Crippen LogP contribution is 2.66. The van der Waals surface area contributed by atoms with E-state index in [1.807, 2.05) is 0 Å². The predicted molar refractivity (Wildman–Crippen MR) is 76.4 cm³/mol. The standard InChI is InChI=1S/C16H30N2/c1-14-7-13-8-15(2,10-14)12-16(9-13,11-14)18-6-4-3-5-17/h13,18H,3-12,17H2,1-2H3. The summed E-state index contributed by atoms with van der Waals surface area (Å²) in [5.41, 5.74) is 7.34. The molecule has 4 aliphatic carbocycles. The van der Waals surface area contributed by atoms with Gasteiger partial charge < -0.3 is 11.1 Å². The topological polar surface area (TPSA) is 38.0 Å². The van der Waals surface area contributed by atoms with E-state index in [-0.39, 0.29) is 0 Å². The Morgan fingerprint density at radius 1 is 1.00 bits per heavy atom. The molecule has 4 saturated carbocycles. The van der Waals surface area contributed by atoms with Crippen LogP contribution in [0, 0.1) is 16.7 Å². The summed E-state index contributed by atoms with van der Waals surface area (Å²) < 4.78 is 0. The van der Waals surface area contributed by atoms with Crippen LogP contribution in [0.3, 0.4) is 0 Å². The van der Waals surface area contributed by atoms with Gasteiger partial charge in [0.2, 0.25) is 0 Å². The third-order valence-electron chi connectivity index (χ3n) is 5.76. The third-order valence-corrected chi connectivity index (χ3v) is 5.76. The van der Waals surface area contributed by atoms with Gasteiger partial charge in [0.1, 0.15) is 0 Å². The van der Waals surface area contributed by atoms with E-state index in [1.165, 1.54) is 57.9 Å². The fourth-order valence-corrected chi connectivity index (χ4v) is 6.27. The molecule has 3 N–H and O–H groups in total. The summed E-state index contributed by atoms with van der Waals surface area (Å²) >= 11 is 0. The molecule has 4 rings (SSSR count). The summed E-state index contributed by atoms with van der Waals surface area (Å²) in [6, 6.07) is 0. The van der Waals surface area contributed by atoms with Crippen molar-refractivity contribution >= 4 is 0 Å². The van der Waals surface area contributed by atoms with E-state index in [9.17, 15) is 0 Å². The van der Waals surface area contributed by atoms with Gasteiger partial charge in [0.05, 0.1) is 0 Å². The van der Waals surface area contributed by atoms with E-state index in [2.05, 4.69) is 19.2 Å². The summed E-state index contributed by atoms with van der Waals surface area (Å²) in [6.45, 7) is 7.11. The zero-order valence-electron chi connectivity index (χ0n) is 12.2. The first-order valence-electron chi connectivity index (χ1n) is 7.92. The largest absolute Gasteiger partial charge is 0.330 e. The molecule has 0 heterocycles. The van der Waals surface area contributed by atoms with Crippen LogP contribution in [0.2, 0.25) is 0 Å². The van der Waals surface area contributed by atoms with Crippen molar-refractivity contribution in [1.82, 2.24) is 5.32 Å². The minimum Gasteiger partial charge on any atom is -0.330 e. The Balaban J connectivity index is 1.69. The zero-order chi connectivity index (χ0) is 12.9. The molecule has 4 aliphatic rings. The molecule has 0 aromatic rings. The van der Waals surface area contributed by atoms with Crippen LogP contribution in [0.25, 0.3) is 0 Å². The lowest BCUT2D eigenvalue weighted by Crippen LogP contribution is -2.64. The zero-order valence-corrected chi connectivity index (χ0v) is 12.2. The predicted octanol–water partition coefficient (Wildman–Crippen LogP) is 3.06. The van der Waals surface area contributed by atoms with Crippen molar-refractivity contribution in [2.45, 2.75) is 70.8 Å². The summed E-state index contributed by atoms with van der Waals surface area (Å²) in [5.74, 6) is 0.998. The maximum Gasteiger partial charge on any atom is 0.0194 e. The molecule has 0 aliphatic heterocycles. The highest BCUT2D eigenvalue weighted by Gasteiger charge is 2.59. The molecule has 0 aromatic carbocycles. The van der Waals surface area contributed by atoms with Crippen LogP contribution in [-0.4, -0.2) is 18.6 Å². The van der Waals surface area contributed by atoms with Gasteiger partial charge in [0.25, 0.3) is 0 Å². The second kappa shape index (κ2) is 4.21. The van der Waals surface area contributed by atoms with Crippen molar-refractivity contribution in [2.75, 3.05) is 13.1 Å². The van der Waals surface area contributed by atoms with Gasteiger partial charge in [-0.15, -0.1) is 0 Å². The summed E-state index contributed by atoms with van der Waals surface area (Å²) in [6.07, 6.45) is 11.2. The summed E-state index contributed by atoms with van der Waals surface area (Å²) in [4.78, 5) is 0. The number of nitrogens with two attached hydrogens (primary N) is 1. The fraction of sp³-hybridized carbons (Fsp3) is 1.00. The van der Waals surface area contributed by atoms with Gasteiger partial charge in [-0.1, -0.05) is 13.8 Å². The van der Waals surface area contributed by atoms with Gasteiger partial charge in [-0.2, -0.15) is 0 Å². The first-order chi connectivity index (χ1) is 8.47. The number of unbranched alkanes of at least 4 members (excludes halogenated alkanes) is 1. The molecule has 2 atom stereocenters. The molecule has 18 heavy (non-hydrogen) atoms. The minimum atomic E-state index is 0.484. The average molecular weight is 250 g/mol. The molecule has 4 bridgehead atoms. The molecular formula is C16H30N2. The first-order valence-corrected chi connectivity index (χ1v) is 7.92. The van der Waals surface area contributed by atoms with Crippen LogP contribution < -0.4 is 11.1 Å². The van der Waals surface area contributed by atoms with Crippen molar-refractivity contribution in [1.29, 1.82) is 0 Å². The van der Waals surface area contributed by atoms with E-state index in [1.54, 1.807) is 0 Å². The normalized spacial score (nSPS) is 49.8. The molecule has 104 valence electrons. The number of hydrogen-bond donors (Lipinski definition) is 2. The summed E-state index contributed by atoms with van der Waals surface area (Å²) in [7, 11) is 0. The van der Waals surface area contributed by atoms with Crippen LogP contribution in [0.4, 0.5) is 0 Å². The van der Waals surface area contributed by atoms with Crippen LogP contribution in [-0.2, 0) is 0 Å². The Hall–Kier alpha value is -0.0800. The van der Waals surface area contributed by atoms with Gasteiger partial charge in [0.15, 0.2) is 0 Å². The van der Waals surface area contributed by atoms with E-state index in [0.29, 0.717) is 16.4 Å². The molecule has 0 amide bonds. The van der Waals surface area contributed by atoms with Crippen LogP contribution in [0.5, 0.6) is 0 Å². The molecule has 2 unspecified atom stereocenters. The van der Waals surface area contributed by atoms with Crippen molar-refractivity contribution in [3.63, 3.8) is 0 Å². The molecule has 0 aromatic heterocycles. The van der Waals surface area contributed by atoms with E-state index in [0.717, 1.165) is 12.5 Å². The van der Waals surface area contributed by atoms with Crippen LogP contribution >= 0.6 is 0 Å². The Morgan fingerprint density at radius 3 is 2.22 bits per heavy atom. The quantitative estimate of drug-likeness (QED) is 0.736. The lowest BCUT2D eigenvalue weighted by Gasteiger charge is -2.65. The Kier molecular flexibility index (Phi) is 3.02. The third kappa shape index (κ3) is 2.22. The molecular weight excluding hydrogens is 220 g/mol. The lowest BCUT2D eigenvalue weighted by molar-refractivity contribution is -0.117. The maximum absolute atomic E-state index is 5.59. The minimum absolute atomic E-state index is 0.484. The summed E-state index contributed by atoms with van der Waals surface area (Å²) in [5, 5.41) is 3.96. The van der Waals surface area contributed by atoms with Crippen molar-refractivity contribution in [3.05, 3.63) is 0 Å². The highest BCUT2D eigenvalue weighted by atomic mass is 15.0. The number of nitrogens with one attached hydrogen (secondary N) is 1. The van der Waals surface area contributed by atoms with Crippen molar-refractivity contribution in [3.8, 4) is 0 Å². The van der Waals surface area contributed by atoms with Crippen molar-refractivity contribution in [2.24, 2.45) is 22.5 Å². The van der Waals surface area contributed by atoms with Crippen molar-refractivity contribution < 1.29 is 0 Å². The Bertz CT molecular complexity index is 307.